The maximum atomic E-state index is 7.40. The van der Waals surface area contributed by atoms with Gasteiger partial charge in [0.1, 0.15) is 0 Å². The van der Waals surface area contributed by atoms with Crippen molar-refractivity contribution in [2.45, 2.75) is 20.4 Å². The van der Waals surface area contributed by atoms with E-state index < -0.39 is 0 Å². The highest BCUT2D eigenvalue weighted by Crippen LogP contribution is 2.18. The van der Waals surface area contributed by atoms with Gasteiger partial charge in [0.2, 0.25) is 0 Å². The standard InChI is InChI=1S/C16H16N2.C2H6/c1-2-13-8-9-15(11-17)16(10-13)18-12-14-6-4-3-5-7-14;1-2/h2-11,17-18H,1,12H2;1-2H3. The summed E-state index contributed by atoms with van der Waals surface area (Å²) in [7, 11) is 0. The minimum atomic E-state index is 0.752. The molecule has 2 aromatic rings. The smallest absolute Gasteiger partial charge is 0.0437 e. The van der Waals surface area contributed by atoms with E-state index in [1.807, 2.05) is 50.2 Å². The predicted molar refractivity (Wildman–Crippen MR) is 89.5 cm³/mol. The Hall–Kier alpha value is -2.35. The topological polar surface area (TPSA) is 35.9 Å². The summed E-state index contributed by atoms with van der Waals surface area (Å²) in [6.45, 7) is 8.51. The highest BCUT2D eigenvalue weighted by Gasteiger charge is 2.00. The van der Waals surface area contributed by atoms with Crippen LogP contribution in [0.15, 0.2) is 55.1 Å². The van der Waals surface area contributed by atoms with Crippen molar-refractivity contribution in [2.75, 3.05) is 5.32 Å². The molecule has 0 spiro atoms. The molecule has 104 valence electrons. The molecular weight excluding hydrogens is 244 g/mol. The second kappa shape index (κ2) is 8.70. The average molecular weight is 266 g/mol. The van der Waals surface area contributed by atoms with E-state index in [2.05, 4.69) is 24.0 Å². The number of anilines is 1. The molecule has 0 saturated carbocycles. The van der Waals surface area contributed by atoms with Gasteiger partial charge in [0.25, 0.3) is 0 Å². The van der Waals surface area contributed by atoms with Crippen molar-refractivity contribution < 1.29 is 0 Å². The van der Waals surface area contributed by atoms with Crippen LogP contribution in [0.4, 0.5) is 5.69 Å². The third kappa shape index (κ3) is 4.39. The quantitative estimate of drug-likeness (QED) is 0.737. The first kappa shape index (κ1) is 15.7. The Balaban J connectivity index is 0.000000956. The van der Waals surface area contributed by atoms with Crippen LogP contribution in [0.2, 0.25) is 0 Å². The fourth-order valence-corrected chi connectivity index (χ4v) is 1.77. The molecule has 0 saturated heterocycles. The van der Waals surface area contributed by atoms with E-state index in [0.717, 1.165) is 23.4 Å². The third-order valence-corrected chi connectivity index (χ3v) is 2.79. The average Bonchev–Trinajstić information content (AvgIpc) is 2.55. The lowest BCUT2D eigenvalue weighted by Gasteiger charge is -2.10. The molecular formula is C18H22N2. The summed E-state index contributed by atoms with van der Waals surface area (Å²) in [4.78, 5) is 0. The molecule has 0 amide bonds. The molecule has 2 rings (SSSR count). The van der Waals surface area contributed by atoms with Crippen LogP contribution in [0.5, 0.6) is 0 Å². The van der Waals surface area contributed by atoms with Crippen LogP contribution in [-0.2, 0) is 6.54 Å². The van der Waals surface area contributed by atoms with Gasteiger partial charge in [-0.3, -0.25) is 0 Å². The van der Waals surface area contributed by atoms with Crippen molar-refractivity contribution in [1.82, 2.24) is 0 Å². The molecule has 0 fully saturated rings. The Labute approximate surface area is 121 Å². The van der Waals surface area contributed by atoms with Crippen molar-refractivity contribution in [3.63, 3.8) is 0 Å². The molecule has 2 aromatic carbocycles. The highest BCUT2D eigenvalue weighted by molar-refractivity contribution is 5.86. The molecule has 2 nitrogen and oxygen atoms in total. The predicted octanol–water partition coefficient (Wildman–Crippen LogP) is 4.97. The number of hydrogen-bond acceptors (Lipinski definition) is 2. The Morgan fingerprint density at radius 1 is 1.10 bits per heavy atom. The molecule has 20 heavy (non-hydrogen) atoms. The number of nitrogens with one attached hydrogen (secondary N) is 2. The molecule has 0 aliphatic carbocycles. The van der Waals surface area contributed by atoms with E-state index in [0.29, 0.717) is 0 Å². The van der Waals surface area contributed by atoms with Gasteiger partial charge in [0, 0.05) is 24.0 Å². The van der Waals surface area contributed by atoms with Gasteiger partial charge in [-0.1, -0.05) is 69.0 Å². The molecule has 0 heterocycles. The van der Waals surface area contributed by atoms with E-state index >= 15 is 0 Å². The zero-order valence-corrected chi connectivity index (χ0v) is 12.2. The fourth-order valence-electron chi connectivity index (χ4n) is 1.77. The lowest BCUT2D eigenvalue weighted by molar-refractivity contribution is 1.15. The largest absolute Gasteiger partial charge is 0.380 e. The van der Waals surface area contributed by atoms with Gasteiger partial charge >= 0.3 is 0 Å². The van der Waals surface area contributed by atoms with Gasteiger partial charge in [-0.05, 0) is 17.2 Å². The fraction of sp³-hybridized carbons (Fsp3) is 0.167. The molecule has 0 radical (unpaired) electrons. The number of rotatable bonds is 5. The summed E-state index contributed by atoms with van der Waals surface area (Å²) in [6.07, 6.45) is 3.17. The molecule has 0 atom stereocenters. The maximum absolute atomic E-state index is 7.40. The van der Waals surface area contributed by atoms with E-state index in [4.69, 9.17) is 5.41 Å². The second-order valence-electron chi connectivity index (χ2n) is 4.03. The van der Waals surface area contributed by atoms with Gasteiger partial charge in [0.05, 0.1) is 0 Å². The van der Waals surface area contributed by atoms with Gasteiger partial charge in [-0.2, -0.15) is 0 Å². The van der Waals surface area contributed by atoms with Crippen LogP contribution in [0.1, 0.15) is 30.5 Å². The Morgan fingerprint density at radius 3 is 2.40 bits per heavy atom. The zero-order valence-electron chi connectivity index (χ0n) is 12.2. The summed E-state index contributed by atoms with van der Waals surface area (Å²) in [5, 5.41) is 10.8. The van der Waals surface area contributed by atoms with Crippen LogP contribution in [0.25, 0.3) is 6.08 Å². The summed E-state index contributed by atoms with van der Waals surface area (Å²) < 4.78 is 0. The molecule has 2 N–H and O–H groups in total. The van der Waals surface area contributed by atoms with Crippen LogP contribution < -0.4 is 5.32 Å². The molecule has 0 aliphatic rings. The summed E-state index contributed by atoms with van der Waals surface area (Å²) >= 11 is 0. The highest BCUT2D eigenvalue weighted by atomic mass is 14.9. The molecule has 0 aliphatic heterocycles. The normalized spacial score (nSPS) is 9.10. The summed E-state index contributed by atoms with van der Waals surface area (Å²) in [6, 6.07) is 16.1. The van der Waals surface area contributed by atoms with Crippen molar-refractivity contribution >= 4 is 18.0 Å². The minimum absolute atomic E-state index is 0.752. The molecule has 2 heteroatoms. The van der Waals surface area contributed by atoms with E-state index in [-0.39, 0.29) is 0 Å². The lowest BCUT2D eigenvalue weighted by Crippen LogP contribution is -2.02. The molecule has 0 aromatic heterocycles. The Kier molecular flexibility index (Phi) is 6.83. The van der Waals surface area contributed by atoms with Crippen LogP contribution in [0.3, 0.4) is 0 Å². The Morgan fingerprint density at radius 2 is 1.80 bits per heavy atom. The van der Waals surface area contributed by atoms with Crippen LogP contribution in [-0.4, -0.2) is 6.21 Å². The lowest BCUT2D eigenvalue weighted by atomic mass is 10.1. The summed E-state index contributed by atoms with van der Waals surface area (Å²) in [5.41, 5.74) is 4.12. The zero-order chi connectivity index (χ0) is 14.8. The summed E-state index contributed by atoms with van der Waals surface area (Å²) in [5.74, 6) is 0. The first-order chi connectivity index (χ1) is 9.83. The van der Waals surface area contributed by atoms with Gasteiger partial charge in [0.15, 0.2) is 0 Å². The Bertz CT molecular complexity index is 545. The SMILES string of the molecule is C=Cc1ccc(C=N)c(NCc2ccccc2)c1.CC. The maximum Gasteiger partial charge on any atom is 0.0437 e. The van der Waals surface area contributed by atoms with E-state index in [1.54, 1.807) is 6.08 Å². The number of benzene rings is 2. The van der Waals surface area contributed by atoms with Crippen molar-refractivity contribution in [3.05, 3.63) is 71.8 Å². The first-order valence-electron chi connectivity index (χ1n) is 6.88. The van der Waals surface area contributed by atoms with Crippen LogP contribution >= 0.6 is 0 Å². The van der Waals surface area contributed by atoms with E-state index in [9.17, 15) is 0 Å². The van der Waals surface area contributed by atoms with Gasteiger partial charge < -0.3 is 10.7 Å². The minimum Gasteiger partial charge on any atom is -0.380 e. The second-order valence-corrected chi connectivity index (χ2v) is 4.03. The van der Waals surface area contributed by atoms with Crippen LogP contribution in [0, 0.1) is 5.41 Å². The van der Waals surface area contributed by atoms with Gasteiger partial charge in [-0.25, -0.2) is 0 Å². The van der Waals surface area contributed by atoms with Crippen molar-refractivity contribution in [3.8, 4) is 0 Å². The third-order valence-electron chi connectivity index (χ3n) is 2.79. The molecule has 0 bridgehead atoms. The van der Waals surface area contributed by atoms with Gasteiger partial charge in [-0.15, -0.1) is 0 Å². The van der Waals surface area contributed by atoms with Crippen molar-refractivity contribution in [1.29, 1.82) is 5.41 Å². The number of hydrogen-bond donors (Lipinski definition) is 2. The van der Waals surface area contributed by atoms with Crippen molar-refractivity contribution in [2.24, 2.45) is 0 Å². The molecule has 0 unspecified atom stereocenters. The monoisotopic (exact) mass is 266 g/mol. The first-order valence-corrected chi connectivity index (χ1v) is 6.88. The van der Waals surface area contributed by atoms with E-state index in [1.165, 1.54) is 11.8 Å².